The number of hydrogen-bond donors (Lipinski definition) is 2. The molecule has 4 heteroatoms. The lowest BCUT2D eigenvalue weighted by atomic mass is 9.94. The highest BCUT2D eigenvalue weighted by atomic mass is 16.2. The maximum Gasteiger partial charge on any atom is 0.240 e. The summed E-state index contributed by atoms with van der Waals surface area (Å²) in [6.07, 6.45) is 5.85. The molecule has 2 atom stereocenters. The predicted octanol–water partition coefficient (Wildman–Crippen LogP) is 2.43. The van der Waals surface area contributed by atoms with Gasteiger partial charge in [0.2, 0.25) is 5.91 Å². The number of nitrogens with one attached hydrogen (secondary N) is 1. The molecule has 126 valence electrons. The predicted molar refractivity (Wildman–Crippen MR) is 92.9 cm³/mol. The van der Waals surface area contributed by atoms with Crippen LogP contribution < -0.4 is 11.1 Å². The van der Waals surface area contributed by atoms with Crippen LogP contribution in [0.2, 0.25) is 0 Å². The molecule has 0 bridgehead atoms. The molecule has 1 aliphatic heterocycles. The Hall–Kier alpha value is -1.39. The third-order valence-electron chi connectivity index (χ3n) is 5.53. The lowest BCUT2D eigenvalue weighted by Crippen LogP contribution is -2.57. The van der Waals surface area contributed by atoms with Crippen molar-refractivity contribution >= 4 is 5.91 Å². The van der Waals surface area contributed by atoms with Gasteiger partial charge in [-0.05, 0) is 38.2 Å². The smallest absolute Gasteiger partial charge is 0.240 e. The van der Waals surface area contributed by atoms with Crippen molar-refractivity contribution in [3.63, 3.8) is 0 Å². The molecule has 1 saturated carbocycles. The fourth-order valence-corrected chi connectivity index (χ4v) is 3.97. The Morgan fingerprint density at radius 1 is 1.30 bits per heavy atom. The van der Waals surface area contributed by atoms with E-state index in [9.17, 15) is 4.79 Å². The van der Waals surface area contributed by atoms with E-state index >= 15 is 0 Å². The van der Waals surface area contributed by atoms with E-state index in [1.165, 1.54) is 5.56 Å². The Morgan fingerprint density at radius 2 is 2.00 bits per heavy atom. The van der Waals surface area contributed by atoms with E-state index < -0.39 is 5.54 Å². The molecule has 1 aromatic carbocycles. The SMILES string of the molecule is CC1CC(NC(=O)C2(N)CCCC2)CCN1Cc1ccccc1. The number of rotatable bonds is 4. The van der Waals surface area contributed by atoms with E-state index in [0.29, 0.717) is 6.04 Å². The number of piperidine rings is 1. The van der Waals surface area contributed by atoms with Gasteiger partial charge in [0.25, 0.3) is 0 Å². The van der Waals surface area contributed by atoms with E-state index in [-0.39, 0.29) is 11.9 Å². The first-order valence-electron chi connectivity index (χ1n) is 8.95. The molecule has 0 aromatic heterocycles. The summed E-state index contributed by atoms with van der Waals surface area (Å²) in [6, 6.07) is 11.3. The molecule has 23 heavy (non-hydrogen) atoms. The van der Waals surface area contributed by atoms with Gasteiger partial charge in [0.1, 0.15) is 0 Å². The Morgan fingerprint density at radius 3 is 2.65 bits per heavy atom. The summed E-state index contributed by atoms with van der Waals surface area (Å²) in [4.78, 5) is 15.0. The number of carbonyl (C=O) groups is 1. The Bertz CT molecular complexity index is 525. The lowest BCUT2D eigenvalue weighted by Gasteiger charge is -2.39. The molecule has 0 radical (unpaired) electrons. The molecule has 3 N–H and O–H groups in total. The number of likely N-dealkylation sites (tertiary alicyclic amines) is 1. The molecular weight excluding hydrogens is 286 g/mol. The number of amides is 1. The normalized spacial score (nSPS) is 27.7. The zero-order valence-electron chi connectivity index (χ0n) is 14.1. The minimum Gasteiger partial charge on any atom is -0.352 e. The van der Waals surface area contributed by atoms with Crippen LogP contribution >= 0.6 is 0 Å². The van der Waals surface area contributed by atoms with Crippen LogP contribution in [0.25, 0.3) is 0 Å². The van der Waals surface area contributed by atoms with Crippen molar-refractivity contribution < 1.29 is 4.79 Å². The molecule has 1 heterocycles. The molecule has 2 aliphatic rings. The Labute approximate surface area is 139 Å². The van der Waals surface area contributed by atoms with E-state index in [0.717, 1.165) is 51.6 Å². The van der Waals surface area contributed by atoms with Crippen molar-refractivity contribution in [2.24, 2.45) is 5.73 Å². The quantitative estimate of drug-likeness (QED) is 0.897. The maximum atomic E-state index is 12.5. The number of nitrogens with two attached hydrogens (primary N) is 1. The van der Waals surface area contributed by atoms with Gasteiger partial charge in [-0.3, -0.25) is 9.69 Å². The molecular formula is C19H29N3O. The van der Waals surface area contributed by atoms with Crippen molar-refractivity contribution in [1.29, 1.82) is 0 Å². The monoisotopic (exact) mass is 315 g/mol. The molecule has 2 unspecified atom stereocenters. The highest BCUT2D eigenvalue weighted by Gasteiger charge is 2.38. The minimum absolute atomic E-state index is 0.0729. The molecule has 1 aliphatic carbocycles. The lowest BCUT2D eigenvalue weighted by molar-refractivity contribution is -0.127. The fourth-order valence-electron chi connectivity index (χ4n) is 3.97. The van der Waals surface area contributed by atoms with Crippen molar-refractivity contribution in [3.8, 4) is 0 Å². The number of hydrogen-bond acceptors (Lipinski definition) is 3. The van der Waals surface area contributed by atoms with Gasteiger partial charge in [-0.2, -0.15) is 0 Å². The molecule has 1 amide bonds. The first-order valence-corrected chi connectivity index (χ1v) is 8.95. The van der Waals surface area contributed by atoms with Gasteiger partial charge in [0.15, 0.2) is 0 Å². The third-order valence-corrected chi connectivity index (χ3v) is 5.53. The van der Waals surface area contributed by atoms with Gasteiger partial charge in [-0.15, -0.1) is 0 Å². The number of carbonyl (C=O) groups excluding carboxylic acids is 1. The van der Waals surface area contributed by atoms with Crippen LogP contribution in [0.5, 0.6) is 0 Å². The summed E-state index contributed by atoms with van der Waals surface area (Å²) in [5, 5.41) is 3.23. The van der Waals surface area contributed by atoms with Gasteiger partial charge < -0.3 is 11.1 Å². The number of nitrogens with zero attached hydrogens (tertiary/aromatic N) is 1. The van der Waals surface area contributed by atoms with Gasteiger partial charge >= 0.3 is 0 Å². The molecule has 3 rings (SSSR count). The van der Waals surface area contributed by atoms with Crippen molar-refractivity contribution in [3.05, 3.63) is 35.9 Å². The average Bonchev–Trinajstić information content (AvgIpc) is 2.99. The topological polar surface area (TPSA) is 58.4 Å². The second-order valence-corrected chi connectivity index (χ2v) is 7.36. The Kier molecular flexibility index (Phi) is 5.02. The van der Waals surface area contributed by atoms with Crippen LogP contribution in [-0.4, -0.2) is 35.0 Å². The minimum atomic E-state index is -0.607. The van der Waals surface area contributed by atoms with Crippen LogP contribution in [0.15, 0.2) is 30.3 Å². The second-order valence-electron chi connectivity index (χ2n) is 7.36. The van der Waals surface area contributed by atoms with Crippen LogP contribution in [0.3, 0.4) is 0 Å². The van der Waals surface area contributed by atoms with Crippen molar-refractivity contribution in [2.75, 3.05) is 6.54 Å². The summed E-state index contributed by atoms with van der Waals surface area (Å²) >= 11 is 0. The first kappa shape index (κ1) is 16.5. The summed E-state index contributed by atoms with van der Waals surface area (Å²) in [7, 11) is 0. The molecule has 1 saturated heterocycles. The second kappa shape index (κ2) is 7.02. The van der Waals surface area contributed by atoms with Gasteiger partial charge in [0.05, 0.1) is 5.54 Å². The zero-order valence-corrected chi connectivity index (χ0v) is 14.1. The van der Waals surface area contributed by atoms with Crippen LogP contribution in [0.1, 0.15) is 51.0 Å². The largest absolute Gasteiger partial charge is 0.352 e. The standard InChI is InChI=1S/C19H29N3O/c1-15-13-17(21-18(23)19(20)10-5-6-11-19)9-12-22(15)14-16-7-3-2-4-8-16/h2-4,7-8,15,17H,5-6,9-14,20H2,1H3,(H,21,23). The first-order chi connectivity index (χ1) is 11.1. The van der Waals surface area contributed by atoms with E-state index in [1.54, 1.807) is 0 Å². The zero-order chi connectivity index (χ0) is 16.3. The van der Waals surface area contributed by atoms with E-state index in [4.69, 9.17) is 5.73 Å². The highest BCUT2D eigenvalue weighted by Crippen LogP contribution is 2.28. The van der Waals surface area contributed by atoms with Gasteiger partial charge in [-0.1, -0.05) is 43.2 Å². The van der Waals surface area contributed by atoms with E-state index in [2.05, 4.69) is 47.5 Å². The summed E-state index contributed by atoms with van der Waals surface area (Å²) in [5.41, 5.74) is 7.01. The molecule has 0 spiro atoms. The van der Waals surface area contributed by atoms with E-state index in [1.807, 2.05) is 0 Å². The molecule has 2 fully saturated rings. The van der Waals surface area contributed by atoms with Crippen LogP contribution in [-0.2, 0) is 11.3 Å². The summed E-state index contributed by atoms with van der Waals surface area (Å²) in [6.45, 7) is 4.27. The number of benzene rings is 1. The highest BCUT2D eigenvalue weighted by molar-refractivity contribution is 5.86. The summed E-state index contributed by atoms with van der Waals surface area (Å²) in [5.74, 6) is 0.0729. The fraction of sp³-hybridized carbons (Fsp3) is 0.632. The van der Waals surface area contributed by atoms with Gasteiger partial charge in [-0.25, -0.2) is 0 Å². The van der Waals surface area contributed by atoms with Crippen molar-refractivity contribution in [2.45, 2.75) is 69.6 Å². The van der Waals surface area contributed by atoms with Crippen LogP contribution in [0.4, 0.5) is 0 Å². The van der Waals surface area contributed by atoms with Gasteiger partial charge in [0, 0.05) is 25.2 Å². The Balaban J connectivity index is 1.51. The average molecular weight is 315 g/mol. The third kappa shape index (κ3) is 3.93. The maximum absolute atomic E-state index is 12.5. The molecule has 1 aromatic rings. The van der Waals surface area contributed by atoms with Crippen molar-refractivity contribution in [1.82, 2.24) is 10.2 Å². The molecule has 4 nitrogen and oxygen atoms in total. The summed E-state index contributed by atoms with van der Waals surface area (Å²) < 4.78 is 0. The van der Waals surface area contributed by atoms with Crippen LogP contribution in [0, 0.1) is 0 Å².